The number of nitrogens with zero attached hydrogens (tertiary/aromatic N) is 2. The van der Waals surface area contributed by atoms with Gasteiger partial charge in [-0.25, -0.2) is 4.39 Å². The molecular weight excluding hydrogens is 503 g/mol. The summed E-state index contributed by atoms with van der Waals surface area (Å²) in [5, 5.41) is 11.4. The van der Waals surface area contributed by atoms with Crippen LogP contribution in [0.4, 0.5) is 10.1 Å². The topological polar surface area (TPSA) is 120 Å². The SMILES string of the molecule is Cc1ccc(C(=O)N(Cc2cccc(OS(=O)(=O)c3ccc(F)cc3)c2)Cc2ccco2)cc1[N+](=O)[O-]. The van der Waals surface area contributed by atoms with Gasteiger partial charge in [-0.15, -0.1) is 0 Å². The summed E-state index contributed by atoms with van der Waals surface area (Å²) in [5.41, 5.74) is 0.903. The molecule has 37 heavy (non-hydrogen) atoms. The summed E-state index contributed by atoms with van der Waals surface area (Å²) in [6, 6.07) is 18.0. The summed E-state index contributed by atoms with van der Waals surface area (Å²) in [5.74, 6) is -0.578. The van der Waals surface area contributed by atoms with Crippen LogP contribution in [-0.4, -0.2) is 24.1 Å². The lowest BCUT2D eigenvalue weighted by atomic mass is 10.1. The molecule has 0 aliphatic rings. The summed E-state index contributed by atoms with van der Waals surface area (Å²) in [6.45, 7) is 1.67. The summed E-state index contributed by atoms with van der Waals surface area (Å²) >= 11 is 0. The Bertz CT molecular complexity index is 1540. The summed E-state index contributed by atoms with van der Waals surface area (Å²) in [6.07, 6.45) is 1.46. The van der Waals surface area contributed by atoms with Gasteiger partial charge in [0.05, 0.1) is 17.7 Å². The summed E-state index contributed by atoms with van der Waals surface area (Å²) in [7, 11) is -4.22. The van der Waals surface area contributed by atoms with Gasteiger partial charge in [-0.05, 0) is 67.1 Å². The Kier molecular flexibility index (Phi) is 7.35. The van der Waals surface area contributed by atoms with Crippen LogP contribution in [0.5, 0.6) is 5.75 Å². The van der Waals surface area contributed by atoms with Gasteiger partial charge in [0.1, 0.15) is 22.2 Å². The molecule has 0 aliphatic carbocycles. The third-order valence-corrected chi connectivity index (χ3v) is 6.71. The highest BCUT2D eigenvalue weighted by Gasteiger charge is 2.22. The smallest absolute Gasteiger partial charge is 0.339 e. The van der Waals surface area contributed by atoms with Gasteiger partial charge in [0.2, 0.25) is 0 Å². The number of furan rings is 1. The third kappa shape index (κ3) is 6.19. The van der Waals surface area contributed by atoms with Crippen LogP contribution in [0.2, 0.25) is 0 Å². The molecule has 1 aromatic heterocycles. The Morgan fingerprint density at radius 3 is 2.46 bits per heavy atom. The van der Waals surface area contributed by atoms with Gasteiger partial charge in [-0.2, -0.15) is 8.42 Å². The highest BCUT2D eigenvalue weighted by atomic mass is 32.2. The van der Waals surface area contributed by atoms with Crippen LogP contribution in [0.3, 0.4) is 0 Å². The van der Waals surface area contributed by atoms with Crippen molar-refractivity contribution in [1.82, 2.24) is 4.90 Å². The number of nitro benzene ring substituents is 1. The van der Waals surface area contributed by atoms with E-state index >= 15 is 0 Å². The van der Waals surface area contributed by atoms with E-state index in [1.54, 1.807) is 31.2 Å². The van der Waals surface area contributed by atoms with E-state index in [2.05, 4.69) is 0 Å². The van der Waals surface area contributed by atoms with Crippen LogP contribution in [0, 0.1) is 22.9 Å². The minimum Gasteiger partial charge on any atom is -0.467 e. The van der Waals surface area contributed by atoms with Crippen LogP contribution < -0.4 is 4.18 Å². The highest BCUT2D eigenvalue weighted by molar-refractivity contribution is 7.87. The molecule has 0 saturated carbocycles. The molecule has 0 saturated heterocycles. The fourth-order valence-electron chi connectivity index (χ4n) is 3.60. The maximum atomic E-state index is 13.4. The molecule has 190 valence electrons. The van der Waals surface area contributed by atoms with Gasteiger partial charge in [-0.1, -0.05) is 18.2 Å². The first kappa shape index (κ1) is 25.6. The second kappa shape index (κ2) is 10.6. The number of aryl methyl sites for hydroxylation is 1. The maximum absolute atomic E-state index is 13.4. The maximum Gasteiger partial charge on any atom is 0.339 e. The second-order valence-corrected chi connectivity index (χ2v) is 9.68. The lowest BCUT2D eigenvalue weighted by Crippen LogP contribution is -2.30. The number of benzene rings is 3. The van der Waals surface area contributed by atoms with Crippen LogP contribution in [0.15, 0.2) is 94.4 Å². The van der Waals surface area contributed by atoms with Crippen molar-refractivity contribution < 1.29 is 31.1 Å². The Morgan fingerprint density at radius 2 is 1.78 bits per heavy atom. The first-order chi connectivity index (χ1) is 17.6. The molecule has 0 aliphatic heterocycles. The van der Waals surface area contributed by atoms with Crippen molar-refractivity contribution >= 4 is 21.7 Å². The molecule has 1 heterocycles. The Balaban J connectivity index is 1.60. The molecule has 0 spiro atoms. The number of rotatable bonds is 9. The van der Waals surface area contributed by atoms with Crippen molar-refractivity contribution in [1.29, 1.82) is 0 Å². The molecule has 1 amide bonds. The van der Waals surface area contributed by atoms with Gasteiger partial charge in [0.15, 0.2) is 0 Å². The van der Waals surface area contributed by atoms with Crippen molar-refractivity contribution in [2.24, 2.45) is 0 Å². The standard InChI is InChI=1S/C26H21FN2O7S/c1-18-7-8-20(15-25(18)29(31)32)26(30)28(17-23-6-3-13-35-23)16-19-4-2-5-22(14-19)36-37(33,34)24-11-9-21(27)10-12-24/h2-15H,16-17H2,1H3. The zero-order chi connectivity index (χ0) is 26.6. The lowest BCUT2D eigenvalue weighted by molar-refractivity contribution is -0.385. The van der Waals surface area contributed by atoms with Crippen LogP contribution in [-0.2, 0) is 23.2 Å². The third-order valence-electron chi connectivity index (χ3n) is 5.45. The number of amides is 1. The number of hydrogen-bond donors (Lipinski definition) is 0. The molecule has 0 fully saturated rings. The van der Waals surface area contributed by atoms with E-state index in [0.717, 1.165) is 24.3 Å². The molecule has 9 nitrogen and oxygen atoms in total. The largest absolute Gasteiger partial charge is 0.467 e. The molecule has 0 unspecified atom stereocenters. The molecular formula is C26H21FN2O7S. The zero-order valence-corrected chi connectivity index (χ0v) is 20.4. The van der Waals surface area contributed by atoms with E-state index in [9.17, 15) is 27.7 Å². The minimum atomic E-state index is -4.22. The van der Waals surface area contributed by atoms with Gasteiger partial charge in [0.25, 0.3) is 11.6 Å². The van der Waals surface area contributed by atoms with E-state index in [-0.39, 0.29) is 35.0 Å². The predicted molar refractivity (Wildman–Crippen MR) is 131 cm³/mol. The molecule has 0 bridgehead atoms. The summed E-state index contributed by atoms with van der Waals surface area (Å²) < 4.78 is 48.9. The zero-order valence-electron chi connectivity index (χ0n) is 19.5. The van der Waals surface area contributed by atoms with Crippen molar-refractivity contribution in [2.45, 2.75) is 24.9 Å². The van der Waals surface area contributed by atoms with Crippen molar-refractivity contribution in [2.75, 3.05) is 0 Å². The van der Waals surface area contributed by atoms with Gasteiger partial charge >= 0.3 is 10.1 Å². The molecule has 3 aromatic carbocycles. The van der Waals surface area contributed by atoms with Gasteiger partial charge < -0.3 is 13.5 Å². The molecule has 11 heteroatoms. The van der Waals surface area contributed by atoms with E-state index in [1.165, 1.54) is 41.5 Å². The van der Waals surface area contributed by atoms with E-state index < -0.39 is 26.8 Å². The van der Waals surface area contributed by atoms with Crippen LogP contribution in [0.1, 0.15) is 27.2 Å². The van der Waals surface area contributed by atoms with Crippen LogP contribution in [0.25, 0.3) is 0 Å². The monoisotopic (exact) mass is 524 g/mol. The summed E-state index contributed by atoms with van der Waals surface area (Å²) in [4.78, 5) is 25.4. The number of carbonyl (C=O) groups excluding carboxylic acids is 1. The Labute approximate surface area is 212 Å². The average molecular weight is 525 g/mol. The Morgan fingerprint density at radius 1 is 1.03 bits per heavy atom. The molecule has 4 aromatic rings. The lowest BCUT2D eigenvalue weighted by Gasteiger charge is -2.22. The normalized spacial score (nSPS) is 11.2. The molecule has 0 radical (unpaired) electrons. The van der Waals surface area contributed by atoms with E-state index in [4.69, 9.17) is 8.60 Å². The number of carbonyl (C=O) groups is 1. The first-order valence-electron chi connectivity index (χ1n) is 11.0. The van der Waals surface area contributed by atoms with Crippen molar-refractivity contribution in [3.05, 3.63) is 124 Å². The van der Waals surface area contributed by atoms with Crippen LogP contribution >= 0.6 is 0 Å². The number of nitro groups is 1. The Hall–Kier alpha value is -4.51. The second-order valence-electron chi connectivity index (χ2n) is 8.14. The molecule has 0 atom stereocenters. The number of halogens is 1. The van der Waals surface area contributed by atoms with E-state index in [0.29, 0.717) is 16.9 Å². The quantitative estimate of drug-likeness (QED) is 0.167. The molecule has 4 rings (SSSR count). The minimum absolute atomic E-state index is 0.00167. The molecule has 0 N–H and O–H groups in total. The van der Waals surface area contributed by atoms with E-state index in [1.807, 2.05) is 0 Å². The predicted octanol–water partition coefficient (Wildman–Crippen LogP) is 5.25. The van der Waals surface area contributed by atoms with Crippen molar-refractivity contribution in [3.8, 4) is 5.75 Å². The van der Waals surface area contributed by atoms with Gasteiger partial charge in [-0.3, -0.25) is 14.9 Å². The van der Waals surface area contributed by atoms with Gasteiger partial charge in [0, 0.05) is 23.7 Å². The first-order valence-corrected chi connectivity index (χ1v) is 12.4. The number of hydrogen-bond acceptors (Lipinski definition) is 7. The average Bonchev–Trinajstić information content (AvgIpc) is 3.37. The fraction of sp³-hybridized carbons (Fsp3) is 0.115. The van der Waals surface area contributed by atoms with Crippen molar-refractivity contribution in [3.63, 3.8) is 0 Å². The highest BCUT2D eigenvalue weighted by Crippen LogP contribution is 2.24. The fourth-order valence-corrected chi connectivity index (χ4v) is 4.53.